The summed E-state index contributed by atoms with van der Waals surface area (Å²) in [4.78, 5) is 0. The molecule has 0 spiro atoms. The van der Waals surface area contributed by atoms with E-state index in [1.807, 2.05) is 23.9 Å². The molecule has 1 N–H and O–H groups in total. The molecule has 1 heterocycles. The molecule has 0 saturated heterocycles. The van der Waals surface area contributed by atoms with Crippen LogP contribution in [0.3, 0.4) is 0 Å². The molecule has 0 aliphatic carbocycles. The van der Waals surface area contributed by atoms with Gasteiger partial charge in [0.15, 0.2) is 0 Å². The van der Waals surface area contributed by atoms with Gasteiger partial charge < -0.3 is 10.1 Å². The minimum atomic E-state index is 0.259. The van der Waals surface area contributed by atoms with Crippen LogP contribution in [0.15, 0.2) is 30.5 Å². The first-order valence-corrected chi connectivity index (χ1v) is 7.57. The second-order valence-electron chi connectivity index (χ2n) is 5.18. The smallest absolute Gasteiger partial charge is 0.122 e. The van der Waals surface area contributed by atoms with Crippen LogP contribution in [0.5, 0.6) is 5.75 Å². The summed E-state index contributed by atoms with van der Waals surface area (Å²) in [5.41, 5.74) is 3.67. The molecule has 114 valence electrons. The molecule has 1 atom stereocenters. The molecule has 0 fully saturated rings. The van der Waals surface area contributed by atoms with E-state index in [-0.39, 0.29) is 6.04 Å². The summed E-state index contributed by atoms with van der Waals surface area (Å²) >= 11 is 0. The quantitative estimate of drug-likeness (QED) is 0.851. The highest BCUT2D eigenvalue weighted by atomic mass is 16.5. The zero-order valence-electron chi connectivity index (χ0n) is 13.4. The van der Waals surface area contributed by atoms with Crippen LogP contribution in [0.1, 0.15) is 36.7 Å². The lowest BCUT2D eigenvalue weighted by Gasteiger charge is -2.19. The fraction of sp³-hybridized carbons (Fsp3) is 0.471. The maximum Gasteiger partial charge on any atom is 0.122 e. The fourth-order valence-corrected chi connectivity index (χ4v) is 2.75. The number of hydrogen-bond acceptors (Lipinski definition) is 3. The lowest BCUT2D eigenvalue weighted by molar-refractivity contribution is 0.405. The number of aromatic nitrogens is 2. The minimum Gasteiger partial charge on any atom is -0.496 e. The minimum absolute atomic E-state index is 0.259. The van der Waals surface area contributed by atoms with Crippen LogP contribution in [0.2, 0.25) is 0 Å². The first kappa shape index (κ1) is 15.6. The van der Waals surface area contributed by atoms with Crippen molar-refractivity contribution in [2.24, 2.45) is 7.05 Å². The first-order chi connectivity index (χ1) is 10.2. The third-order valence-electron chi connectivity index (χ3n) is 3.71. The largest absolute Gasteiger partial charge is 0.496 e. The van der Waals surface area contributed by atoms with Crippen molar-refractivity contribution in [2.75, 3.05) is 13.7 Å². The monoisotopic (exact) mass is 287 g/mol. The molecule has 0 bridgehead atoms. The molecule has 4 heteroatoms. The molecule has 1 unspecified atom stereocenters. The third-order valence-corrected chi connectivity index (χ3v) is 3.71. The Morgan fingerprint density at radius 1 is 1.29 bits per heavy atom. The number of rotatable bonds is 7. The van der Waals surface area contributed by atoms with Crippen LogP contribution in [-0.2, 0) is 19.9 Å². The summed E-state index contributed by atoms with van der Waals surface area (Å²) in [5.74, 6) is 0.947. The van der Waals surface area contributed by atoms with Crippen molar-refractivity contribution in [3.05, 3.63) is 47.3 Å². The SMILES string of the molecule is CCNC(Cc1ccccc1OC)c1cn(C)nc1CC. The number of methoxy groups -OCH3 is 1. The van der Waals surface area contributed by atoms with Crippen molar-refractivity contribution in [1.82, 2.24) is 15.1 Å². The highest BCUT2D eigenvalue weighted by Crippen LogP contribution is 2.26. The van der Waals surface area contributed by atoms with Gasteiger partial charge in [-0.05, 0) is 31.0 Å². The summed E-state index contributed by atoms with van der Waals surface area (Å²) in [7, 11) is 3.71. The molecule has 0 radical (unpaired) electrons. The van der Waals surface area contributed by atoms with E-state index >= 15 is 0 Å². The Labute approximate surface area is 127 Å². The lowest BCUT2D eigenvalue weighted by atomic mass is 9.98. The van der Waals surface area contributed by atoms with E-state index in [2.05, 4.69) is 42.6 Å². The van der Waals surface area contributed by atoms with Crippen molar-refractivity contribution in [2.45, 2.75) is 32.7 Å². The van der Waals surface area contributed by atoms with E-state index < -0.39 is 0 Å². The van der Waals surface area contributed by atoms with Gasteiger partial charge in [0.1, 0.15) is 5.75 Å². The van der Waals surface area contributed by atoms with Crippen LogP contribution < -0.4 is 10.1 Å². The average molecular weight is 287 g/mol. The van der Waals surface area contributed by atoms with Gasteiger partial charge in [0.05, 0.1) is 12.8 Å². The molecular formula is C17H25N3O. The molecule has 21 heavy (non-hydrogen) atoms. The van der Waals surface area contributed by atoms with Crippen LogP contribution in [0.4, 0.5) is 0 Å². The fourth-order valence-electron chi connectivity index (χ4n) is 2.75. The third kappa shape index (κ3) is 3.64. The van der Waals surface area contributed by atoms with Crippen LogP contribution in [0, 0.1) is 0 Å². The number of likely N-dealkylation sites (N-methyl/N-ethyl adjacent to an activating group) is 1. The van der Waals surface area contributed by atoms with Crippen molar-refractivity contribution in [3.8, 4) is 5.75 Å². The number of nitrogens with one attached hydrogen (secondary N) is 1. The number of para-hydroxylation sites is 1. The topological polar surface area (TPSA) is 39.1 Å². The van der Waals surface area contributed by atoms with E-state index in [1.54, 1.807) is 7.11 Å². The molecule has 0 aliphatic rings. The van der Waals surface area contributed by atoms with Crippen molar-refractivity contribution >= 4 is 0 Å². The summed E-state index contributed by atoms with van der Waals surface area (Å²) < 4.78 is 7.38. The lowest BCUT2D eigenvalue weighted by Crippen LogP contribution is -2.23. The summed E-state index contributed by atoms with van der Waals surface area (Å²) in [6, 6.07) is 8.47. The van der Waals surface area contributed by atoms with Crippen LogP contribution >= 0.6 is 0 Å². The van der Waals surface area contributed by atoms with Crippen molar-refractivity contribution < 1.29 is 4.74 Å². The van der Waals surface area contributed by atoms with E-state index in [1.165, 1.54) is 16.8 Å². The molecule has 0 aliphatic heterocycles. The Balaban J connectivity index is 2.30. The van der Waals surface area contributed by atoms with Gasteiger partial charge in [0, 0.05) is 24.8 Å². The second kappa shape index (κ2) is 7.27. The van der Waals surface area contributed by atoms with Crippen molar-refractivity contribution in [3.63, 3.8) is 0 Å². The van der Waals surface area contributed by atoms with E-state index in [9.17, 15) is 0 Å². The zero-order valence-corrected chi connectivity index (χ0v) is 13.4. The standard InChI is InChI=1S/C17H25N3O/c1-5-15-14(12-20(3)19-15)16(18-6-2)11-13-9-7-8-10-17(13)21-4/h7-10,12,16,18H,5-6,11H2,1-4H3. The molecule has 1 aromatic heterocycles. The van der Waals surface area contributed by atoms with E-state index in [0.717, 1.165) is 25.1 Å². The molecule has 0 amide bonds. The molecule has 0 saturated carbocycles. The number of aryl methyl sites for hydroxylation is 2. The average Bonchev–Trinajstić information content (AvgIpc) is 2.88. The summed E-state index contributed by atoms with van der Waals surface area (Å²) in [5, 5.41) is 8.14. The predicted octanol–water partition coefficient (Wildman–Crippen LogP) is 2.88. The summed E-state index contributed by atoms with van der Waals surface area (Å²) in [6.07, 6.45) is 3.97. The first-order valence-electron chi connectivity index (χ1n) is 7.57. The number of ether oxygens (including phenoxy) is 1. The Morgan fingerprint density at radius 2 is 2.05 bits per heavy atom. The number of hydrogen-bond donors (Lipinski definition) is 1. The number of benzene rings is 1. The maximum absolute atomic E-state index is 5.47. The predicted molar refractivity (Wildman–Crippen MR) is 85.7 cm³/mol. The van der Waals surface area contributed by atoms with E-state index in [0.29, 0.717) is 0 Å². The Hall–Kier alpha value is -1.81. The Bertz CT molecular complexity index is 577. The van der Waals surface area contributed by atoms with Gasteiger partial charge in [0.2, 0.25) is 0 Å². The Kier molecular flexibility index (Phi) is 5.39. The number of nitrogens with zero attached hydrogens (tertiary/aromatic N) is 2. The van der Waals surface area contributed by atoms with Gasteiger partial charge in [-0.1, -0.05) is 32.0 Å². The molecule has 2 rings (SSSR count). The second-order valence-corrected chi connectivity index (χ2v) is 5.18. The molecule has 1 aromatic carbocycles. The highest BCUT2D eigenvalue weighted by Gasteiger charge is 2.18. The van der Waals surface area contributed by atoms with Crippen molar-refractivity contribution in [1.29, 1.82) is 0 Å². The van der Waals surface area contributed by atoms with Gasteiger partial charge in [-0.25, -0.2) is 0 Å². The molecular weight excluding hydrogens is 262 g/mol. The normalized spacial score (nSPS) is 12.4. The van der Waals surface area contributed by atoms with Crippen LogP contribution in [-0.4, -0.2) is 23.4 Å². The highest BCUT2D eigenvalue weighted by molar-refractivity contribution is 5.35. The molecule has 4 nitrogen and oxygen atoms in total. The maximum atomic E-state index is 5.47. The zero-order chi connectivity index (χ0) is 15.2. The summed E-state index contributed by atoms with van der Waals surface area (Å²) in [6.45, 7) is 5.22. The van der Waals surface area contributed by atoms with Gasteiger partial charge in [-0.2, -0.15) is 5.10 Å². The van der Waals surface area contributed by atoms with E-state index in [4.69, 9.17) is 4.74 Å². The van der Waals surface area contributed by atoms with Gasteiger partial charge in [-0.15, -0.1) is 0 Å². The van der Waals surface area contributed by atoms with Crippen LogP contribution in [0.25, 0.3) is 0 Å². The Morgan fingerprint density at radius 3 is 2.71 bits per heavy atom. The van der Waals surface area contributed by atoms with Gasteiger partial charge in [0.25, 0.3) is 0 Å². The van der Waals surface area contributed by atoms with Gasteiger partial charge >= 0.3 is 0 Å². The van der Waals surface area contributed by atoms with Gasteiger partial charge in [-0.3, -0.25) is 4.68 Å². The molecule has 2 aromatic rings.